The van der Waals surface area contributed by atoms with Gasteiger partial charge >= 0.3 is 0 Å². The van der Waals surface area contributed by atoms with E-state index >= 15 is 0 Å². The number of aromatic nitrogens is 2. The molecule has 0 N–H and O–H groups in total. The normalized spacial score (nSPS) is 19.4. The van der Waals surface area contributed by atoms with Gasteiger partial charge in [0.2, 0.25) is 12.7 Å². The van der Waals surface area contributed by atoms with E-state index in [1.165, 1.54) is 31.4 Å². The van der Waals surface area contributed by atoms with Crippen molar-refractivity contribution in [3.05, 3.63) is 42.2 Å². The van der Waals surface area contributed by atoms with E-state index in [1.54, 1.807) is 0 Å². The van der Waals surface area contributed by atoms with Crippen molar-refractivity contribution in [3.63, 3.8) is 0 Å². The van der Waals surface area contributed by atoms with Crippen molar-refractivity contribution in [2.45, 2.75) is 51.0 Å². The third-order valence-electron chi connectivity index (χ3n) is 7.38. The molecule has 3 aromatic rings. The van der Waals surface area contributed by atoms with Gasteiger partial charge in [-0.2, -0.15) is 0 Å². The van der Waals surface area contributed by atoms with Crippen molar-refractivity contribution in [2.75, 3.05) is 19.9 Å². The van der Waals surface area contributed by atoms with Crippen molar-refractivity contribution < 1.29 is 18.7 Å². The van der Waals surface area contributed by atoms with Crippen LogP contribution in [0.3, 0.4) is 0 Å². The fourth-order valence-electron chi connectivity index (χ4n) is 5.63. The molecule has 1 saturated heterocycles. The van der Waals surface area contributed by atoms with Crippen LogP contribution in [-0.2, 0) is 4.79 Å². The molecule has 1 aliphatic carbocycles. The Hall–Kier alpha value is -3.09. The number of hydrogen-bond acceptors (Lipinski definition) is 4. The molecule has 6 nitrogen and oxygen atoms in total. The maximum atomic E-state index is 14.0. The molecule has 33 heavy (non-hydrogen) atoms. The van der Waals surface area contributed by atoms with Gasteiger partial charge < -0.3 is 18.9 Å². The van der Waals surface area contributed by atoms with Crippen LogP contribution in [0.2, 0.25) is 0 Å². The van der Waals surface area contributed by atoms with Gasteiger partial charge in [0.05, 0.1) is 11.0 Å². The maximum Gasteiger partial charge on any atom is 0.231 e. The fraction of sp³-hybridized carbons (Fsp3) is 0.462. The highest BCUT2D eigenvalue weighted by molar-refractivity contribution is 5.82. The number of nitrogens with zero attached hydrogens (tertiary/aromatic N) is 3. The number of fused-ring (bicyclic) bond motifs is 2. The Morgan fingerprint density at radius 2 is 1.73 bits per heavy atom. The summed E-state index contributed by atoms with van der Waals surface area (Å²) in [6, 6.07) is 10.8. The summed E-state index contributed by atoms with van der Waals surface area (Å²) in [7, 11) is 0. The number of rotatable bonds is 3. The van der Waals surface area contributed by atoms with E-state index in [4.69, 9.17) is 14.5 Å². The van der Waals surface area contributed by atoms with Gasteiger partial charge in [-0.25, -0.2) is 9.37 Å². The van der Waals surface area contributed by atoms with E-state index in [1.807, 2.05) is 24.3 Å². The molecule has 1 aromatic heterocycles. The Morgan fingerprint density at radius 3 is 2.55 bits per heavy atom. The van der Waals surface area contributed by atoms with Crippen LogP contribution in [-0.4, -0.2) is 40.2 Å². The van der Waals surface area contributed by atoms with E-state index in [0.29, 0.717) is 17.2 Å². The van der Waals surface area contributed by atoms with Crippen molar-refractivity contribution in [3.8, 4) is 22.9 Å². The molecule has 6 rings (SSSR count). The van der Waals surface area contributed by atoms with Crippen LogP contribution in [0.15, 0.2) is 36.4 Å². The average Bonchev–Trinajstić information content (AvgIpc) is 3.48. The van der Waals surface area contributed by atoms with Gasteiger partial charge in [-0.15, -0.1) is 0 Å². The van der Waals surface area contributed by atoms with Crippen LogP contribution in [0.25, 0.3) is 22.4 Å². The highest BCUT2D eigenvalue weighted by Crippen LogP contribution is 2.39. The first-order chi connectivity index (χ1) is 16.2. The van der Waals surface area contributed by atoms with Gasteiger partial charge in [-0.1, -0.05) is 19.3 Å². The van der Waals surface area contributed by atoms with E-state index in [9.17, 15) is 9.18 Å². The van der Waals surface area contributed by atoms with Gasteiger partial charge in [0.25, 0.3) is 0 Å². The SMILES string of the molecule is O=C(C1CCCCC1)N1CCC(n2c(-c3ccc4c(c3)OCO4)nc3cc(F)ccc32)CC1. The summed E-state index contributed by atoms with van der Waals surface area (Å²) in [5, 5.41) is 0. The summed E-state index contributed by atoms with van der Waals surface area (Å²) in [5.41, 5.74) is 2.47. The summed E-state index contributed by atoms with van der Waals surface area (Å²) >= 11 is 0. The maximum absolute atomic E-state index is 14.0. The number of amides is 1. The summed E-state index contributed by atoms with van der Waals surface area (Å²) in [5.74, 6) is 2.47. The Morgan fingerprint density at radius 1 is 0.939 bits per heavy atom. The van der Waals surface area contributed by atoms with E-state index < -0.39 is 0 Å². The van der Waals surface area contributed by atoms with Crippen molar-refractivity contribution in [2.24, 2.45) is 5.92 Å². The van der Waals surface area contributed by atoms with Crippen molar-refractivity contribution in [1.29, 1.82) is 0 Å². The van der Waals surface area contributed by atoms with Crippen LogP contribution in [0.4, 0.5) is 4.39 Å². The molecule has 1 amide bonds. The van der Waals surface area contributed by atoms with Crippen LogP contribution in [0.5, 0.6) is 11.5 Å². The zero-order valence-corrected chi connectivity index (χ0v) is 18.6. The molecular formula is C26H28FN3O3. The van der Waals surface area contributed by atoms with Crippen molar-refractivity contribution in [1.82, 2.24) is 14.5 Å². The molecule has 0 atom stereocenters. The lowest BCUT2D eigenvalue weighted by Gasteiger charge is -2.36. The molecule has 0 radical (unpaired) electrons. The smallest absolute Gasteiger partial charge is 0.231 e. The molecule has 0 bridgehead atoms. The van der Waals surface area contributed by atoms with Crippen LogP contribution in [0, 0.1) is 11.7 Å². The highest BCUT2D eigenvalue weighted by Gasteiger charge is 2.31. The van der Waals surface area contributed by atoms with Gasteiger partial charge in [0.15, 0.2) is 11.5 Å². The summed E-state index contributed by atoms with van der Waals surface area (Å²) in [4.78, 5) is 19.9. The predicted octanol–water partition coefficient (Wildman–Crippen LogP) is 5.31. The second-order valence-electron chi connectivity index (χ2n) is 9.40. The first kappa shape index (κ1) is 20.5. The largest absolute Gasteiger partial charge is 0.454 e. The molecule has 0 unspecified atom stereocenters. The van der Waals surface area contributed by atoms with Gasteiger partial charge in [-0.05, 0) is 56.0 Å². The number of ether oxygens (including phenoxy) is 2. The molecule has 2 aromatic carbocycles. The second-order valence-corrected chi connectivity index (χ2v) is 9.40. The number of benzene rings is 2. The Kier molecular flexibility index (Phi) is 5.19. The minimum absolute atomic E-state index is 0.191. The monoisotopic (exact) mass is 449 g/mol. The predicted molar refractivity (Wildman–Crippen MR) is 123 cm³/mol. The quantitative estimate of drug-likeness (QED) is 0.543. The van der Waals surface area contributed by atoms with Crippen LogP contribution < -0.4 is 9.47 Å². The van der Waals surface area contributed by atoms with Crippen LogP contribution in [0.1, 0.15) is 51.0 Å². The molecule has 172 valence electrons. The molecular weight excluding hydrogens is 421 g/mol. The Bertz CT molecular complexity index is 1190. The molecule has 7 heteroatoms. The number of imidazole rings is 1. The minimum atomic E-state index is -0.294. The number of halogens is 1. The molecule has 2 aliphatic heterocycles. The number of piperidine rings is 1. The van der Waals surface area contributed by atoms with Gasteiger partial charge in [-0.3, -0.25) is 4.79 Å². The summed E-state index contributed by atoms with van der Waals surface area (Å²) in [6.07, 6.45) is 7.38. The van der Waals surface area contributed by atoms with E-state index in [0.717, 1.165) is 61.4 Å². The lowest BCUT2D eigenvalue weighted by Crippen LogP contribution is -2.42. The third-order valence-corrected chi connectivity index (χ3v) is 7.38. The third kappa shape index (κ3) is 3.73. The molecule has 3 aliphatic rings. The lowest BCUT2D eigenvalue weighted by molar-refractivity contribution is -0.137. The number of carbonyl (C=O) groups excluding carboxylic acids is 1. The first-order valence-electron chi connectivity index (χ1n) is 12.0. The molecule has 0 spiro atoms. The fourth-order valence-corrected chi connectivity index (χ4v) is 5.63. The summed E-state index contributed by atoms with van der Waals surface area (Å²) in [6.45, 7) is 1.72. The topological polar surface area (TPSA) is 56.6 Å². The van der Waals surface area contributed by atoms with Crippen LogP contribution >= 0.6 is 0 Å². The van der Waals surface area contributed by atoms with Crippen molar-refractivity contribution >= 4 is 16.9 Å². The standard InChI is InChI=1S/C26H28FN3O3/c27-19-7-8-22-21(15-19)28-25(18-6-9-23-24(14-18)33-16-32-23)30(22)20-10-12-29(13-11-20)26(31)17-4-2-1-3-5-17/h6-9,14-15,17,20H,1-5,10-13,16H2. The first-order valence-corrected chi connectivity index (χ1v) is 12.0. The molecule has 3 heterocycles. The number of carbonyl (C=O) groups is 1. The van der Waals surface area contributed by atoms with Gasteiger partial charge in [0.1, 0.15) is 11.6 Å². The second kappa shape index (κ2) is 8.36. The zero-order valence-electron chi connectivity index (χ0n) is 18.6. The minimum Gasteiger partial charge on any atom is -0.454 e. The molecule has 1 saturated carbocycles. The number of hydrogen-bond donors (Lipinski definition) is 0. The molecule has 2 fully saturated rings. The van der Waals surface area contributed by atoms with E-state index in [2.05, 4.69) is 9.47 Å². The average molecular weight is 450 g/mol. The lowest BCUT2D eigenvalue weighted by atomic mass is 9.87. The Balaban J connectivity index is 1.30. The zero-order chi connectivity index (χ0) is 22.4. The summed E-state index contributed by atoms with van der Waals surface area (Å²) < 4.78 is 27.3. The van der Waals surface area contributed by atoms with Gasteiger partial charge in [0, 0.05) is 36.7 Å². The number of likely N-dealkylation sites (tertiary alicyclic amines) is 1. The van der Waals surface area contributed by atoms with E-state index in [-0.39, 0.29) is 24.6 Å². The highest BCUT2D eigenvalue weighted by atomic mass is 19.1. The Labute approximate surface area is 192 Å².